The number of fused-ring (bicyclic) bond motifs is 2. The van der Waals surface area contributed by atoms with Crippen LogP contribution in [0.1, 0.15) is 44.7 Å². The molecule has 0 saturated carbocycles. The SMILES string of the molecule is CC(C)(C)OC(=O)N1CCC2(C=C(C(=O)O)c3ccccc32)CC1. The first-order chi connectivity index (χ1) is 11.2. The summed E-state index contributed by atoms with van der Waals surface area (Å²) >= 11 is 0. The lowest BCUT2D eigenvalue weighted by Crippen LogP contribution is -2.45. The number of hydrogen-bond acceptors (Lipinski definition) is 3. The van der Waals surface area contributed by atoms with E-state index in [9.17, 15) is 14.7 Å². The molecule has 1 aliphatic carbocycles. The number of carboxylic acid groups (broad SMARTS) is 1. The Kier molecular flexibility index (Phi) is 3.90. The minimum Gasteiger partial charge on any atom is -0.478 e. The summed E-state index contributed by atoms with van der Waals surface area (Å²) in [5.74, 6) is -0.895. The molecule has 5 nitrogen and oxygen atoms in total. The Morgan fingerprint density at radius 2 is 1.79 bits per heavy atom. The molecule has 1 amide bonds. The molecule has 1 N–H and O–H groups in total. The van der Waals surface area contributed by atoms with Gasteiger partial charge in [0.05, 0.1) is 5.57 Å². The third kappa shape index (κ3) is 2.90. The Balaban J connectivity index is 1.81. The first-order valence-corrected chi connectivity index (χ1v) is 8.26. The van der Waals surface area contributed by atoms with Crippen molar-refractivity contribution in [2.75, 3.05) is 13.1 Å². The van der Waals surface area contributed by atoms with E-state index in [1.54, 1.807) is 4.90 Å². The highest BCUT2D eigenvalue weighted by Crippen LogP contribution is 2.47. The molecule has 0 radical (unpaired) electrons. The zero-order valence-electron chi connectivity index (χ0n) is 14.3. The fraction of sp³-hybridized carbons (Fsp3) is 0.474. The molecule has 1 aliphatic heterocycles. The van der Waals surface area contributed by atoms with Crippen LogP contribution in [0.2, 0.25) is 0 Å². The maximum Gasteiger partial charge on any atom is 0.410 e. The summed E-state index contributed by atoms with van der Waals surface area (Å²) in [6, 6.07) is 7.68. The van der Waals surface area contributed by atoms with Gasteiger partial charge in [0.25, 0.3) is 0 Å². The first-order valence-electron chi connectivity index (χ1n) is 8.26. The average molecular weight is 329 g/mol. The molecule has 2 aliphatic rings. The number of piperidine rings is 1. The van der Waals surface area contributed by atoms with E-state index in [0.717, 1.165) is 11.1 Å². The number of carbonyl (C=O) groups is 2. The molecule has 0 aromatic heterocycles. The van der Waals surface area contributed by atoms with Crippen molar-refractivity contribution in [1.82, 2.24) is 4.90 Å². The van der Waals surface area contributed by atoms with Crippen LogP contribution in [-0.2, 0) is 14.9 Å². The van der Waals surface area contributed by atoms with Crippen LogP contribution in [0.25, 0.3) is 5.57 Å². The summed E-state index contributed by atoms with van der Waals surface area (Å²) in [7, 11) is 0. The van der Waals surface area contributed by atoms with Crippen LogP contribution in [0, 0.1) is 0 Å². The Hall–Kier alpha value is -2.30. The summed E-state index contributed by atoms with van der Waals surface area (Å²) in [5.41, 5.74) is 1.43. The van der Waals surface area contributed by atoms with E-state index >= 15 is 0 Å². The van der Waals surface area contributed by atoms with Gasteiger partial charge in [-0.05, 0) is 44.7 Å². The Labute approximate surface area is 141 Å². The molecule has 1 saturated heterocycles. The van der Waals surface area contributed by atoms with Crippen LogP contribution in [0.15, 0.2) is 30.3 Å². The molecule has 0 bridgehead atoms. The third-order valence-electron chi connectivity index (χ3n) is 4.71. The van der Waals surface area contributed by atoms with Gasteiger partial charge in [0.1, 0.15) is 5.60 Å². The number of carbonyl (C=O) groups excluding carboxylic acids is 1. The van der Waals surface area contributed by atoms with Crippen molar-refractivity contribution in [3.05, 3.63) is 41.5 Å². The maximum absolute atomic E-state index is 12.2. The topological polar surface area (TPSA) is 66.8 Å². The van der Waals surface area contributed by atoms with Gasteiger partial charge in [0.15, 0.2) is 0 Å². The van der Waals surface area contributed by atoms with Gasteiger partial charge in [0, 0.05) is 18.5 Å². The molecule has 1 aromatic rings. The van der Waals surface area contributed by atoms with Gasteiger partial charge >= 0.3 is 12.1 Å². The predicted octanol–water partition coefficient (Wildman–Crippen LogP) is 3.44. The lowest BCUT2D eigenvalue weighted by Gasteiger charge is -2.39. The molecule has 1 heterocycles. The van der Waals surface area contributed by atoms with Gasteiger partial charge < -0.3 is 14.7 Å². The number of rotatable bonds is 1. The van der Waals surface area contributed by atoms with E-state index < -0.39 is 11.6 Å². The molecule has 0 unspecified atom stereocenters. The number of amides is 1. The second-order valence-electron chi connectivity index (χ2n) is 7.53. The van der Waals surface area contributed by atoms with Crippen LogP contribution in [-0.4, -0.2) is 40.8 Å². The molecule has 3 rings (SSSR count). The third-order valence-corrected chi connectivity index (χ3v) is 4.71. The highest BCUT2D eigenvalue weighted by Gasteiger charge is 2.43. The second-order valence-corrected chi connectivity index (χ2v) is 7.53. The quantitative estimate of drug-likeness (QED) is 0.857. The minimum atomic E-state index is -0.895. The van der Waals surface area contributed by atoms with Gasteiger partial charge in [-0.25, -0.2) is 9.59 Å². The smallest absolute Gasteiger partial charge is 0.410 e. The molecule has 128 valence electrons. The fourth-order valence-electron chi connectivity index (χ4n) is 3.59. The van der Waals surface area contributed by atoms with Crippen LogP contribution in [0.4, 0.5) is 4.79 Å². The lowest BCUT2D eigenvalue weighted by molar-refractivity contribution is -0.130. The average Bonchev–Trinajstić information content (AvgIpc) is 2.82. The van der Waals surface area contributed by atoms with Gasteiger partial charge in [-0.3, -0.25) is 0 Å². The lowest BCUT2D eigenvalue weighted by atomic mass is 9.74. The van der Waals surface area contributed by atoms with Crippen molar-refractivity contribution >= 4 is 17.6 Å². The number of ether oxygens (including phenoxy) is 1. The Morgan fingerprint density at radius 1 is 1.17 bits per heavy atom. The summed E-state index contributed by atoms with van der Waals surface area (Å²) in [6.07, 6.45) is 3.00. The van der Waals surface area contributed by atoms with Crippen LogP contribution in [0.3, 0.4) is 0 Å². The van der Waals surface area contributed by atoms with E-state index in [4.69, 9.17) is 4.74 Å². The highest BCUT2D eigenvalue weighted by atomic mass is 16.6. The number of hydrogen-bond donors (Lipinski definition) is 1. The van der Waals surface area contributed by atoms with E-state index in [-0.39, 0.29) is 11.5 Å². The van der Waals surface area contributed by atoms with Crippen molar-refractivity contribution in [3.63, 3.8) is 0 Å². The predicted molar refractivity (Wildman–Crippen MR) is 90.8 cm³/mol. The van der Waals surface area contributed by atoms with Crippen LogP contribution in [0.5, 0.6) is 0 Å². The van der Waals surface area contributed by atoms with Crippen molar-refractivity contribution in [1.29, 1.82) is 0 Å². The number of allylic oxidation sites excluding steroid dienone is 1. The summed E-state index contributed by atoms with van der Waals surface area (Å²) in [5, 5.41) is 9.49. The fourth-order valence-corrected chi connectivity index (χ4v) is 3.59. The highest BCUT2D eigenvalue weighted by molar-refractivity contribution is 6.17. The molecule has 0 atom stereocenters. The van der Waals surface area contributed by atoms with Gasteiger partial charge in [-0.15, -0.1) is 0 Å². The Bertz CT molecular complexity index is 706. The molecular weight excluding hydrogens is 306 g/mol. The molecule has 1 fully saturated rings. The minimum absolute atomic E-state index is 0.289. The summed E-state index contributed by atoms with van der Waals surface area (Å²) in [6.45, 7) is 6.68. The number of nitrogens with zero attached hydrogens (tertiary/aromatic N) is 1. The zero-order chi connectivity index (χ0) is 17.5. The van der Waals surface area contributed by atoms with Crippen molar-refractivity contribution < 1.29 is 19.4 Å². The van der Waals surface area contributed by atoms with Gasteiger partial charge in [0.2, 0.25) is 0 Å². The number of aliphatic carboxylic acids is 1. The van der Waals surface area contributed by atoms with E-state index in [0.29, 0.717) is 31.5 Å². The van der Waals surface area contributed by atoms with Crippen molar-refractivity contribution in [3.8, 4) is 0 Å². The molecule has 24 heavy (non-hydrogen) atoms. The molecule has 5 heteroatoms. The second kappa shape index (κ2) is 5.65. The standard InChI is InChI=1S/C19H23NO4/c1-18(2,3)24-17(23)20-10-8-19(9-11-20)12-14(16(21)22)13-6-4-5-7-15(13)19/h4-7,12H,8-11H2,1-3H3,(H,21,22). The molecular formula is C19H23NO4. The van der Waals surface area contributed by atoms with Crippen molar-refractivity contribution in [2.24, 2.45) is 0 Å². The monoisotopic (exact) mass is 329 g/mol. The zero-order valence-corrected chi connectivity index (χ0v) is 14.3. The van der Waals surface area contributed by atoms with E-state index in [2.05, 4.69) is 0 Å². The maximum atomic E-state index is 12.2. The largest absolute Gasteiger partial charge is 0.478 e. The molecule has 1 aromatic carbocycles. The van der Waals surface area contributed by atoms with E-state index in [1.165, 1.54) is 0 Å². The van der Waals surface area contributed by atoms with Gasteiger partial charge in [-0.1, -0.05) is 30.3 Å². The Morgan fingerprint density at radius 3 is 2.38 bits per heavy atom. The van der Waals surface area contributed by atoms with E-state index in [1.807, 2.05) is 51.1 Å². The summed E-state index contributed by atoms with van der Waals surface area (Å²) in [4.78, 5) is 25.5. The van der Waals surface area contributed by atoms with Gasteiger partial charge in [-0.2, -0.15) is 0 Å². The number of benzene rings is 1. The first kappa shape index (κ1) is 16.6. The van der Waals surface area contributed by atoms with Crippen molar-refractivity contribution in [2.45, 2.75) is 44.6 Å². The summed E-state index contributed by atoms with van der Waals surface area (Å²) < 4.78 is 5.43. The number of carboxylic acids is 1. The van der Waals surface area contributed by atoms with Crippen LogP contribution < -0.4 is 0 Å². The van der Waals surface area contributed by atoms with Crippen LogP contribution >= 0.6 is 0 Å². The normalized spacial score (nSPS) is 19.0. The number of likely N-dealkylation sites (tertiary alicyclic amines) is 1. The molecule has 1 spiro atoms.